The number of furan rings is 1. The molecule has 0 aliphatic rings. The number of amides is 1. The van der Waals surface area contributed by atoms with E-state index in [1.807, 2.05) is 42.9 Å². The molecule has 3 rings (SSSR count). The Kier molecular flexibility index (Phi) is 4.80. The van der Waals surface area contributed by atoms with E-state index >= 15 is 0 Å². The van der Waals surface area contributed by atoms with Crippen LogP contribution in [0.15, 0.2) is 35.0 Å². The maximum absolute atomic E-state index is 12.4. The van der Waals surface area contributed by atoms with Crippen LogP contribution < -0.4 is 5.32 Å². The Morgan fingerprint density at radius 2 is 2.25 bits per heavy atom. The number of aromatic nitrogens is 3. The first-order valence-electron chi connectivity index (χ1n) is 7.83. The third-order valence-corrected chi connectivity index (χ3v) is 4.79. The van der Waals surface area contributed by atoms with Crippen molar-refractivity contribution in [1.82, 2.24) is 20.1 Å². The van der Waals surface area contributed by atoms with Crippen LogP contribution in [0.3, 0.4) is 0 Å². The molecule has 0 radical (unpaired) electrons. The predicted molar refractivity (Wildman–Crippen MR) is 93.0 cm³/mol. The van der Waals surface area contributed by atoms with Crippen molar-refractivity contribution in [3.05, 3.63) is 46.9 Å². The Balaban J connectivity index is 1.61. The summed E-state index contributed by atoms with van der Waals surface area (Å²) >= 11 is 1.36. The Morgan fingerprint density at radius 3 is 2.92 bits per heavy atom. The lowest BCUT2D eigenvalue weighted by Gasteiger charge is -2.12. The largest absolute Gasteiger partial charge is 0.459 e. The lowest BCUT2D eigenvalue weighted by molar-refractivity contribution is 0.0950. The van der Waals surface area contributed by atoms with Crippen molar-refractivity contribution in [1.29, 1.82) is 0 Å². The van der Waals surface area contributed by atoms with E-state index in [0.29, 0.717) is 17.2 Å². The zero-order chi connectivity index (χ0) is 17.1. The molecule has 0 saturated heterocycles. The van der Waals surface area contributed by atoms with Gasteiger partial charge in [-0.15, -0.1) is 11.3 Å². The minimum Gasteiger partial charge on any atom is -0.459 e. The average Bonchev–Trinajstić information content (AvgIpc) is 3.26. The van der Waals surface area contributed by atoms with E-state index in [2.05, 4.69) is 22.3 Å². The summed E-state index contributed by atoms with van der Waals surface area (Å²) in [7, 11) is 0. The standard InChI is InChI=1S/C17H20N4O2S/c1-11(10-21-8-4-7-19-21)9-18-16(22)15-13(3)20-17(24-15)14-6-5-12(2)23-14/h4-8,11H,9-10H2,1-3H3,(H,18,22)/t11-/m1/s1. The minimum atomic E-state index is -0.0909. The fourth-order valence-electron chi connectivity index (χ4n) is 2.40. The van der Waals surface area contributed by atoms with Gasteiger partial charge in [0.2, 0.25) is 0 Å². The Hall–Kier alpha value is -2.41. The number of carbonyl (C=O) groups excluding carboxylic acids is 1. The highest BCUT2D eigenvalue weighted by Crippen LogP contribution is 2.29. The van der Waals surface area contributed by atoms with Gasteiger partial charge < -0.3 is 9.73 Å². The molecule has 126 valence electrons. The smallest absolute Gasteiger partial charge is 0.263 e. The molecule has 0 fully saturated rings. The third kappa shape index (κ3) is 3.73. The number of aryl methyl sites for hydroxylation is 2. The zero-order valence-electron chi connectivity index (χ0n) is 13.9. The number of hydrogen-bond acceptors (Lipinski definition) is 5. The van der Waals surface area contributed by atoms with E-state index in [1.54, 1.807) is 6.20 Å². The van der Waals surface area contributed by atoms with Crippen molar-refractivity contribution in [2.45, 2.75) is 27.3 Å². The quantitative estimate of drug-likeness (QED) is 0.745. The number of rotatable bonds is 6. The number of carbonyl (C=O) groups is 1. The van der Waals surface area contributed by atoms with Gasteiger partial charge in [0.1, 0.15) is 10.6 Å². The van der Waals surface area contributed by atoms with Gasteiger partial charge in [0, 0.05) is 25.5 Å². The van der Waals surface area contributed by atoms with Crippen LogP contribution in [0.25, 0.3) is 10.8 Å². The first-order chi connectivity index (χ1) is 11.5. The molecule has 3 heterocycles. The summed E-state index contributed by atoms with van der Waals surface area (Å²) < 4.78 is 7.45. The number of hydrogen-bond donors (Lipinski definition) is 1. The molecule has 7 heteroatoms. The van der Waals surface area contributed by atoms with Crippen LogP contribution >= 0.6 is 11.3 Å². The molecule has 1 N–H and O–H groups in total. The van der Waals surface area contributed by atoms with Crippen molar-refractivity contribution in [3.63, 3.8) is 0 Å². The van der Waals surface area contributed by atoms with Gasteiger partial charge in [0.15, 0.2) is 10.8 Å². The molecule has 0 bridgehead atoms. The lowest BCUT2D eigenvalue weighted by Crippen LogP contribution is -2.30. The van der Waals surface area contributed by atoms with Crippen molar-refractivity contribution in [2.75, 3.05) is 6.54 Å². The first kappa shape index (κ1) is 16.4. The predicted octanol–water partition coefficient (Wildman–Crippen LogP) is 3.28. The van der Waals surface area contributed by atoms with Gasteiger partial charge in [-0.05, 0) is 38.0 Å². The summed E-state index contributed by atoms with van der Waals surface area (Å²) in [6.45, 7) is 7.17. The second-order valence-electron chi connectivity index (χ2n) is 5.89. The molecule has 3 aromatic heterocycles. The van der Waals surface area contributed by atoms with E-state index in [-0.39, 0.29) is 11.8 Å². The van der Waals surface area contributed by atoms with Gasteiger partial charge in [0.05, 0.1) is 5.69 Å². The second kappa shape index (κ2) is 7.00. The SMILES string of the molecule is Cc1ccc(-c2nc(C)c(C(=O)NC[C@@H](C)Cn3cccn3)s2)o1. The molecule has 0 saturated carbocycles. The van der Waals surface area contributed by atoms with Crippen LogP contribution in [0.4, 0.5) is 0 Å². The molecule has 6 nitrogen and oxygen atoms in total. The average molecular weight is 344 g/mol. The van der Waals surface area contributed by atoms with Gasteiger partial charge in [-0.25, -0.2) is 4.98 Å². The van der Waals surface area contributed by atoms with Crippen LogP contribution in [0.1, 0.15) is 28.0 Å². The van der Waals surface area contributed by atoms with Crippen molar-refractivity contribution >= 4 is 17.2 Å². The van der Waals surface area contributed by atoms with Crippen molar-refractivity contribution in [3.8, 4) is 10.8 Å². The van der Waals surface area contributed by atoms with E-state index in [4.69, 9.17) is 4.42 Å². The highest BCUT2D eigenvalue weighted by atomic mass is 32.1. The molecule has 0 unspecified atom stereocenters. The minimum absolute atomic E-state index is 0.0909. The molecule has 0 aliphatic carbocycles. The van der Waals surface area contributed by atoms with Gasteiger partial charge in [-0.3, -0.25) is 9.48 Å². The molecule has 1 amide bonds. The Bertz CT molecular complexity index is 820. The number of nitrogens with zero attached hydrogens (tertiary/aromatic N) is 3. The number of nitrogens with one attached hydrogen (secondary N) is 1. The van der Waals surface area contributed by atoms with E-state index < -0.39 is 0 Å². The fourth-order valence-corrected chi connectivity index (χ4v) is 3.35. The summed E-state index contributed by atoms with van der Waals surface area (Å²) in [4.78, 5) is 17.5. The normalized spacial score (nSPS) is 12.3. The van der Waals surface area contributed by atoms with Crippen LogP contribution in [-0.2, 0) is 6.54 Å². The van der Waals surface area contributed by atoms with Crippen molar-refractivity contribution in [2.24, 2.45) is 5.92 Å². The summed E-state index contributed by atoms with van der Waals surface area (Å²) in [5.74, 6) is 1.73. The highest BCUT2D eigenvalue weighted by Gasteiger charge is 2.18. The van der Waals surface area contributed by atoms with Crippen LogP contribution in [0.2, 0.25) is 0 Å². The van der Waals surface area contributed by atoms with Crippen LogP contribution in [0, 0.1) is 19.8 Å². The summed E-state index contributed by atoms with van der Waals surface area (Å²) in [6, 6.07) is 5.66. The molecule has 3 aromatic rings. The molecule has 0 aliphatic heterocycles. The van der Waals surface area contributed by atoms with Gasteiger partial charge in [0.25, 0.3) is 5.91 Å². The maximum atomic E-state index is 12.4. The molecular weight excluding hydrogens is 324 g/mol. The third-order valence-electron chi connectivity index (χ3n) is 3.62. The zero-order valence-corrected chi connectivity index (χ0v) is 14.8. The Morgan fingerprint density at radius 1 is 1.42 bits per heavy atom. The highest BCUT2D eigenvalue weighted by molar-refractivity contribution is 7.17. The Labute approximate surface area is 144 Å². The molecule has 24 heavy (non-hydrogen) atoms. The van der Waals surface area contributed by atoms with Gasteiger partial charge >= 0.3 is 0 Å². The van der Waals surface area contributed by atoms with Crippen LogP contribution in [0.5, 0.6) is 0 Å². The topological polar surface area (TPSA) is 73.0 Å². The number of thiazole rings is 1. The fraction of sp³-hybridized carbons (Fsp3) is 0.353. The van der Waals surface area contributed by atoms with E-state index in [0.717, 1.165) is 23.0 Å². The summed E-state index contributed by atoms with van der Waals surface area (Å²) in [6.07, 6.45) is 3.67. The van der Waals surface area contributed by atoms with Crippen molar-refractivity contribution < 1.29 is 9.21 Å². The maximum Gasteiger partial charge on any atom is 0.263 e. The molecular formula is C17H20N4O2S. The molecule has 0 spiro atoms. The second-order valence-corrected chi connectivity index (χ2v) is 6.89. The molecule has 0 aromatic carbocycles. The molecule has 1 atom stereocenters. The first-order valence-corrected chi connectivity index (χ1v) is 8.64. The monoisotopic (exact) mass is 344 g/mol. The lowest BCUT2D eigenvalue weighted by atomic mass is 10.2. The van der Waals surface area contributed by atoms with Gasteiger partial charge in [-0.2, -0.15) is 5.10 Å². The van der Waals surface area contributed by atoms with Gasteiger partial charge in [-0.1, -0.05) is 6.92 Å². The van der Waals surface area contributed by atoms with E-state index in [9.17, 15) is 4.79 Å². The summed E-state index contributed by atoms with van der Waals surface area (Å²) in [5.41, 5.74) is 0.723. The van der Waals surface area contributed by atoms with E-state index in [1.165, 1.54) is 11.3 Å². The summed E-state index contributed by atoms with van der Waals surface area (Å²) in [5, 5.41) is 7.89. The van der Waals surface area contributed by atoms with Crippen LogP contribution in [-0.4, -0.2) is 27.2 Å².